The van der Waals surface area contributed by atoms with E-state index in [-0.39, 0.29) is 23.3 Å². The fraction of sp³-hybridized carbons (Fsp3) is 0.300. The highest BCUT2D eigenvalue weighted by Crippen LogP contribution is 2.30. The van der Waals surface area contributed by atoms with Gasteiger partial charge in [-0.3, -0.25) is 4.79 Å². The summed E-state index contributed by atoms with van der Waals surface area (Å²) in [5.41, 5.74) is 0.280. The van der Waals surface area contributed by atoms with Crippen LogP contribution >= 0.6 is 22.6 Å². The first-order valence-electron chi connectivity index (χ1n) is 4.43. The lowest BCUT2D eigenvalue weighted by molar-refractivity contribution is -0.117. The van der Waals surface area contributed by atoms with Crippen LogP contribution in [0.15, 0.2) is 18.2 Å². The molecule has 0 bridgehead atoms. The van der Waals surface area contributed by atoms with Gasteiger partial charge in [0.05, 0.1) is 5.69 Å². The number of carbonyl (C=O) groups is 1. The van der Waals surface area contributed by atoms with Crippen LogP contribution in [0.4, 0.5) is 10.1 Å². The maximum absolute atomic E-state index is 13.3. The number of nitrogens with one attached hydrogen (secondary N) is 1. The van der Waals surface area contributed by atoms with Gasteiger partial charge in [-0.05, 0) is 53.6 Å². The Morgan fingerprint density at radius 1 is 1.50 bits per heavy atom. The molecule has 0 heterocycles. The van der Waals surface area contributed by atoms with Gasteiger partial charge in [-0.2, -0.15) is 0 Å². The Labute approximate surface area is 95.0 Å². The highest BCUT2D eigenvalue weighted by atomic mass is 127. The quantitative estimate of drug-likeness (QED) is 0.837. The molecular weight excluding hydrogens is 296 g/mol. The van der Waals surface area contributed by atoms with Crippen molar-refractivity contribution >= 4 is 34.2 Å². The van der Waals surface area contributed by atoms with Gasteiger partial charge in [-0.25, -0.2) is 4.39 Å². The van der Waals surface area contributed by atoms with Gasteiger partial charge in [0.2, 0.25) is 5.91 Å². The number of anilines is 1. The summed E-state index contributed by atoms with van der Waals surface area (Å²) in [6.45, 7) is 0. The molecule has 14 heavy (non-hydrogen) atoms. The van der Waals surface area contributed by atoms with Crippen LogP contribution in [-0.4, -0.2) is 5.91 Å². The van der Waals surface area contributed by atoms with E-state index in [1.807, 2.05) is 22.6 Å². The van der Waals surface area contributed by atoms with Crippen molar-refractivity contribution in [3.8, 4) is 0 Å². The first-order chi connectivity index (χ1) is 6.66. The Hall–Kier alpha value is -0.650. The van der Waals surface area contributed by atoms with Crippen molar-refractivity contribution in [1.82, 2.24) is 0 Å². The zero-order chi connectivity index (χ0) is 10.1. The Bertz CT molecular complexity index is 376. The van der Waals surface area contributed by atoms with E-state index in [0.29, 0.717) is 0 Å². The third kappa shape index (κ3) is 2.23. The monoisotopic (exact) mass is 305 g/mol. The molecular formula is C10H9FINO. The number of halogens is 2. The molecule has 2 rings (SSSR count). The lowest BCUT2D eigenvalue weighted by atomic mass is 10.3. The molecule has 4 heteroatoms. The van der Waals surface area contributed by atoms with Crippen molar-refractivity contribution in [2.45, 2.75) is 12.8 Å². The van der Waals surface area contributed by atoms with Crippen molar-refractivity contribution in [2.75, 3.05) is 5.32 Å². The molecule has 74 valence electrons. The molecule has 0 unspecified atom stereocenters. The maximum atomic E-state index is 13.3. The van der Waals surface area contributed by atoms with Gasteiger partial charge in [-0.1, -0.05) is 0 Å². The van der Waals surface area contributed by atoms with Gasteiger partial charge < -0.3 is 5.32 Å². The molecule has 0 radical (unpaired) electrons. The lowest BCUT2D eigenvalue weighted by Gasteiger charge is -2.05. The van der Waals surface area contributed by atoms with Crippen LogP contribution in [0.5, 0.6) is 0 Å². The van der Waals surface area contributed by atoms with Crippen molar-refractivity contribution in [1.29, 1.82) is 0 Å². The van der Waals surface area contributed by atoms with Crippen LogP contribution in [0.3, 0.4) is 0 Å². The second-order valence-electron chi connectivity index (χ2n) is 3.39. The summed E-state index contributed by atoms with van der Waals surface area (Å²) in [7, 11) is 0. The van der Waals surface area contributed by atoms with E-state index in [1.165, 1.54) is 6.07 Å². The van der Waals surface area contributed by atoms with Gasteiger partial charge in [-0.15, -0.1) is 0 Å². The Kier molecular flexibility index (Phi) is 2.71. The Morgan fingerprint density at radius 3 is 2.79 bits per heavy atom. The molecule has 0 aromatic heterocycles. The van der Waals surface area contributed by atoms with E-state index < -0.39 is 0 Å². The van der Waals surface area contributed by atoms with E-state index in [0.717, 1.165) is 16.4 Å². The van der Waals surface area contributed by atoms with Gasteiger partial charge in [0.25, 0.3) is 0 Å². The fourth-order valence-electron chi connectivity index (χ4n) is 1.17. The minimum absolute atomic E-state index is 0.0647. The smallest absolute Gasteiger partial charge is 0.227 e. The number of rotatable bonds is 2. The van der Waals surface area contributed by atoms with Gasteiger partial charge >= 0.3 is 0 Å². The average molecular weight is 305 g/mol. The molecule has 1 aromatic carbocycles. The predicted octanol–water partition coefficient (Wildman–Crippen LogP) is 2.78. The third-order valence-corrected chi connectivity index (χ3v) is 2.81. The maximum Gasteiger partial charge on any atom is 0.227 e. The molecule has 1 saturated carbocycles. The molecule has 0 atom stereocenters. The highest BCUT2D eigenvalue weighted by Gasteiger charge is 2.29. The molecule has 1 N–H and O–H groups in total. The fourth-order valence-corrected chi connectivity index (χ4v) is 1.62. The van der Waals surface area contributed by atoms with Gasteiger partial charge in [0.1, 0.15) is 5.82 Å². The van der Waals surface area contributed by atoms with E-state index in [9.17, 15) is 9.18 Å². The van der Waals surface area contributed by atoms with E-state index in [4.69, 9.17) is 0 Å². The average Bonchev–Trinajstić information content (AvgIpc) is 2.92. The first kappa shape index (κ1) is 9.89. The number of carbonyl (C=O) groups excluding carboxylic acids is 1. The van der Waals surface area contributed by atoms with Crippen molar-refractivity contribution in [3.05, 3.63) is 27.6 Å². The van der Waals surface area contributed by atoms with Gasteiger partial charge in [0, 0.05) is 9.49 Å². The lowest BCUT2D eigenvalue weighted by Crippen LogP contribution is -2.14. The zero-order valence-corrected chi connectivity index (χ0v) is 9.55. The molecule has 1 aliphatic carbocycles. The summed E-state index contributed by atoms with van der Waals surface area (Å²) in [5, 5.41) is 2.58. The largest absolute Gasteiger partial charge is 0.323 e. The summed E-state index contributed by atoms with van der Waals surface area (Å²) in [5.74, 6) is -0.329. The molecule has 0 saturated heterocycles. The second-order valence-corrected chi connectivity index (χ2v) is 4.63. The Morgan fingerprint density at radius 2 is 2.21 bits per heavy atom. The zero-order valence-electron chi connectivity index (χ0n) is 7.39. The predicted molar refractivity (Wildman–Crippen MR) is 60.5 cm³/mol. The number of hydrogen-bond donors (Lipinski definition) is 1. The number of amides is 1. The van der Waals surface area contributed by atoms with Gasteiger partial charge in [0.15, 0.2) is 0 Å². The van der Waals surface area contributed by atoms with Crippen LogP contribution < -0.4 is 5.32 Å². The standard InChI is InChI=1S/C10H9FINO/c11-8-5-7(12)3-4-9(8)13-10(14)6-1-2-6/h3-6H,1-2H2,(H,13,14). The number of hydrogen-bond acceptors (Lipinski definition) is 1. The minimum atomic E-state index is -0.370. The SMILES string of the molecule is O=C(Nc1ccc(I)cc1F)C1CC1. The minimum Gasteiger partial charge on any atom is -0.323 e. The highest BCUT2D eigenvalue weighted by molar-refractivity contribution is 14.1. The summed E-state index contributed by atoms with van der Waals surface area (Å²) < 4.78 is 14.1. The molecule has 1 aliphatic rings. The van der Waals surface area contributed by atoms with Crippen LogP contribution in [0.25, 0.3) is 0 Å². The van der Waals surface area contributed by atoms with Crippen LogP contribution in [0.2, 0.25) is 0 Å². The number of benzene rings is 1. The molecule has 1 aromatic rings. The summed E-state index contributed by atoms with van der Waals surface area (Å²) in [6.07, 6.45) is 1.86. The van der Waals surface area contributed by atoms with Crippen molar-refractivity contribution in [3.63, 3.8) is 0 Å². The third-order valence-electron chi connectivity index (χ3n) is 2.14. The normalized spacial score (nSPS) is 15.3. The summed E-state index contributed by atoms with van der Waals surface area (Å²) in [6, 6.07) is 4.77. The molecule has 1 amide bonds. The van der Waals surface area contributed by atoms with Crippen LogP contribution in [-0.2, 0) is 4.79 Å². The van der Waals surface area contributed by atoms with Crippen LogP contribution in [0.1, 0.15) is 12.8 Å². The Balaban J connectivity index is 2.11. The topological polar surface area (TPSA) is 29.1 Å². The van der Waals surface area contributed by atoms with Crippen molar-refractivity contribution < 1.29 is 9.18 Å². The van der Waals surface area contributed by atoms with E-state index >= 15 is 0 Å². The van der Waals surface area contributed by atoms with Crippen LogP contribution in [0, 0.1) is 15.3 Å². The second kappa shape index (κ2) is 3.84. The summed E-state index contributed by atoms with van der Waals surface area (Å²) in [4.78, 5) is 11.3. The molecule has 0 spiro atoms. The van der Waals surface area contributed by atoms with Crippen molar-refractivity contribution in [2.24, 2.45) is 5.92 Å². The molecule has 2 nitrogen and oxygen atoms in total. The first-order valence-corrected chi connectivity index (χ1v) is 5.50. The van der Waals surface area contributed by atoms with E-state index in [1.54, 1.807) is 12.1 Å². The molecule has 0 aliphatic heterocycles. The van der Waals surface area contributed by atoms with E-state index in [2.05, 4.69) is 5.32 Å². The summed E-state index contributed by atoms with van der Waals surface area (Å²) >= 11 is 2.03. The molecule has 1 fully saturated rings.